The van der Waals surface area contributed by atoms with E-state index in [0.717, 1.165) is 48.3 Å². The summed E-state index contributed by atoms with van der Waals surface area (Å²) < 4.78 is 0. The molecular weight excluding hydrogens is 332 g/mol. The average Bonchev–Trinajstić information content (AvgIpc) is 2.76. The highest BCUT2D eigenvalue weighted by Crippen LogP contribution is 2.29. The first-order valence-electron chi connectivity index (χ1n) is 9.87. The lowest BCUT2D eigenvalue weighted by Gasteiger charge is -2.29. The van der Waals surface area contributed by atoms with Crippen LogP contribution in [0, 0.1) is 0 Å². The van der Waals surface area contributed by atoms with Crippen LogP contribution < -0.4 is 9.80 Å². The lowest BCUT2D eigenvalue weighted by atomic mass is 10.1. The van der Waals surface area contributed by atoms with Gasteiger partial charge in [0.2, 0.25) is 5.95 Å². The molecule has 27 heavy (non-hydrogen) atoms. The summed E-state index contributed by atoms with van der Waals surface area (Å²) in [6.45, 7) is 5.11. The smallest absolute Gasteiger partial charge is 0.232 e. The van der Waals surface area contributed by atoms with Crippen LogP contribution >= 0.6 is 0 Å². The van der Waals surface area contributed by atoms with Crippen LogP contribution in [0.1, 0.15) is 26.2 Å². The van der Waals surface area contributed by atoms with Crippen LogP contribution in [-0.2, 0) is 0 Å². The summed E-state index contributed by atoms with van der Waals surface area (Å²) in [7, 11) is 0. The van der Waals surface area contributed by atoms with Crippen LogP contribution in [0.4, 0.5) is 17.5 Å². The van der Waals surface area contributed by atoms with Gasteiger partial charge < -0.3 is 9.80 Å². The van der Waals surface area contributed by atoms with Crippen LogP contribution in [0.2, 0.25) is 0 Å². The molecule has 2 heterocycles. The summed E-state index contributed by atoms with van der Waals surface area (Å²) in [5, 5.41) is 0. The molecule has 0 N–H and O–H groups in total. The largest absolute Gasteiger partial charge is 0.356 e. The molecule has 138 valence electrons. The summed E-state index contributed by atoms with van der Waals surface area (Å²) in [6, 6.07) is 22.9. The maximum Gasteiger partial charge on any atom is 0.232 e. The Balaban J connectivity index is 1.79. The first-order valence-corrected chi connectivity index (χ1v) is 9.87. The first-order chi connectivity index (χ1) is 13.3. The highest BCUT2D eigenvalue weighted by atomic mass is 15.3. The normalized spacial score (nSPS) is 14.2. The summed E-state index contributed by atoms with van der Waals surface area (Å²) in [4.78, 5) is 14.5. The second-order valence-electron chi connectivity index (χ2n) is 6.90. The Hall–Kier alpha value is -2.88. The fourth-order valence-corrected chi connectivity index (χ4v) is 3.63. The molecule has 2 aromatic carbocycles. The third-order valence-corrected chi connectivity index (χ3v) is 5.08. The van der Waals surface area contributed by atoms with Crippen molar-refractivity contribution in [1.82, 2.24) is 9.97 Å². The highest BCUT2D eigenvalue weighted by Gasteiger charge is 2.18. The Morgan fingerprint density at radius 2 is 1.52 bits per heavy atom. The van der Waals surface area contributed by atoms with Gasteiger partial charge in [0.15, 0.2) is 0 Å². The number of nitrogens with zero attached hydrogens (tertiary/aromatic N) is 4. The van der Waals surface area contributed by atoms with Crippen molar-refractivity contribution in [2.45, 2.75) is 26.2 Å². The fraction of sp³-hybridized carbons (Fsp3) is 0.304. The van der Waals surface area contributed by atoms with Crippen LogP contribution in [0.25, 0.3) is 11.3 Å². The molecule has 1 aliphatic heterocycles. The number of hydrogen-bond donors (Lipinski definition) is 0. The van der Waals surface area contributed by atoms with Crippen molar-refractivity contribution in [3.8, 4) is 11.3 Å². The van der Waals surface area contributed by atoms with Gasteiger partial charge in [-0.25, -0.2) is 4.98 Å². The van der Waals surface area contributed by atoms with E-state index in [2.05, 4.69) is 71.3 Å². The van der Waals surface area contributed by atoms with Gasteiger partial charge in [-0.1, -0.05) is 48.5 Å². The predicted molar refractivity (Wildman–Crippen MR) is 113 cm³/mol. The van der Waals surface area contributed by atoms with Gasteiger partial charge >= 0.3 is 0 Å². The monoisotopic (exact) mass is 358 g/mol. The molecule has 1 fully saturated rings. The zero-order chi connectivity index (χ0) is 18.5. The van der Waals surface area contributed by atoms with Gasteiger partial charge in [-0.3, -0.25) is 0 Å². The molecule has 0 radical (unpaired) electrons. The SMILES string of the molecule is CCN(c1ccccc1)c1nc(-c2ccccc2)cc(N2CCCCC2)n1. The van der Waals surface area contributed by atoms with Gasteiger partial charge in [0, 0.05) is 37.0 Å². The van der Waals surface area contributed by atoms with E-state index in [0.29, 0.717) is 0 Å². The molecule has 1 aliphatic rings. The molecule has 0 bridgehead atoms. The van der Waals surface area contributed by atoms with Gasteiger partial charge in [0.05, 0.1) is 5.69 Å². The quantitative estimate of drug-likeness (QED) is 0.620. The molecular formula is C23H26N4. The molecule has 3 aromatic rings. The number of para-hydroxylation sites is 1. The van der Waals surface area contributed by atoms with E-state index in [9.17, 15) is 0 Å². The molecule has 4 nitrogen and oxygen atoms in total. The molecule has 1 saturated heterocycles. The van der Waals surface area contributed by atoms with Crippen molar-refractivity contribution in [1.29, 1.82) is 0 Å². The van der Waals surface area contributed by atoms with Gasteiger partial charge in [0.25, 0.3) is 0 Å². The predicted octanol–water partition coefficient (Wildman–Crippen LogP) is 5.29. The van der Waals surface area contributed by atoms with E-state index in [-0.39, 0.29) is 0 Å². The number of anilines is 3. The van der Waals surface area contributed by atoms with Crippen molar-refractivity contribution < 1.29 is 0 Å². The molecule has 0 unspecified atom stereocenters. The number of benzene rings is 2. The summed E-state index contributed by atoms with van der Waals surface area (Å²) in [6.07, 6.45) is 3.78. The summed E-state index contributed by atoms with van der Waals surface area (Å²) >= 11 is 0. The van der Waals surface area contributed by atoms with Crippen LogP contribution in [0.3, 0.4) is 0 Å². The molecule has 0 atom stereocenters. The molecule has 0 aliphatic carbocycles. The zero-order valence-electron chi connectivity index (χ0n) is 15.9. The minimum absolute atomic E-state index is 0.769. The van der Waals surface area contributed by atoms with Crippen molar-refractivity contribution in [3.05, 3.63) is 66.7 Å². The third-order valence-electron chi connectivity index (χ3n) is 5.08. The van der Waals surface area contributed by atoms with Crippen molar-refractivity contribution in [2.24, 2.45) is 0 Å². The van der Waals surface area contributed by atoms with Gasteiger partial charge in [-0.05, 0) is 38.3 Å². The van der Waals surface area contributed by atoms with Crippen molar-refractivity contribution in [2.75, 3.05) is 29.4 Å². The summed E-state index contributed by atoms with van der Waals surface area (Å²) in [5.74, 6) is 1.80. The summed E-state index contributed by atoms with van der Waals surface area (Å²) in [5.41, 5.74) is 3.23. The van der Waals surface area contributed by atoms with Crippen LogP contribution in [0.5, 0.6) is 0 Å². The maximum absolute atomic E-state index is 4.97. The Kier molecular flexibility index (Phi) is 5.33. The molecule has 4 heteroatoms. The second-order valence-corrected chi connectivity index (χ2v) is 6.90. The third kappa shape index (κ3) is 3.95. The van der Waals surface area contributed by atoms with Gasteiger partial charge in [-0.15, -0.1) is 0 Å². The number of piperidine rings is 1. The minimum Gasteiger partial charge on any atom is -0.356 e. The highest BCUT2D eigenvalue weighted by molar-refractivity contribution is 5.67. The van der Waals surface area contributed by atoms with Crippen molar-refractivity contribution in [3.63, 3.8) is 0 Å². The minimum atomic E-state index is 0.769. The second kappa shape index (κ2) is 8.21. The van der Waals surface area contributed by atoms with E-state index in [1.807, 2.05) is 12.1 Å². The molecule has 0 saturated carbocycles. The fourth-order valence-electron chi connectivity index (χ4n) is 3.63. The average molecular weight is 358 g/mol. The van der Waals surface area contributed by atoms with E-state index < -0.39 is 0 Å². The maximum atomic E-state index is 4.97. The lowest BCUT2D eigenvalue weighted by molar-refractivity contribution is 0.573. The van der Waals surface area contributed by atoms with Crippen molar-refractivity contribution >= 4 is 17.5 Å². The Morgan fingerprint density at radius 1 is 0.852 bits per heavy atom. The van der Waals surface area contributed by atoms with E-state index in [1.54, 1.807) is 0 Å². The number of aromatic nitrogens is 2. The van der Waals surface area contributed by atoms with E-state index in [1.165, 1.54) is 19.3 Å². The van der Waals surface area contributed by atoms with E-state index >= 15 is 0 Å². The topological polar surface area (TPSA) is 32.3 Å². The van der Waals surface area contributed by atoms with Crippen LogP contribution in [0.15, 0.2) is 66.7 Å². The number of rotatable bonds is 5. The Bertz CT molecular complexity index is 858. The first kappa shape index (κ1) is 17.5. The standard InChI is InChI=1S/C23H26N4/c1-2-27(20-14-8-4-9-15-20)23-24-21(19-12-6-3-7-13-19)18-22(25-23)26-16-10-5-11-17-26/h3-4,6-9,12-15,18H,2,5,10-11,16-17H2,1H3. The molecule has 0 spiro atoms. The lowest BCUT2D eigenvalue weighted by Crippen LogP contribution is -2.31. The van der Waals surface area contributed by atoms with Gasteiger partial charge in [0.1, 0.15) is 5.82 Å². The molecule has 0 amide bonds. The molecule has 1 aromatic heterocycles. The Labute approximate surface area is 161 Å². The number of hydrogen-bond acceptors (Lipinski definition) is 4. The Morgan fingerprint density at radius 3 is 2.19 bits per heavy atom. The van der Waals surface area contributed by atoms with E-state index in [4.69, 9.17) is 9.97 Å². The van der Waals surface area contributed by atoms with Gasteiger partial charge in [-0.2, -0.15) is 4.98 Å². The zero-order valence-corrected chi connectivity index (χ0v) is 15.9. The van der Waals surface area contributed by atoms with Crippen LogP contribution in [-0.4, -0.2) is 29.6 Å². The molecule has 4 rings (SSSR count).